The van der Waals surface area contributed by atoms with E-state index in [1.54, 1.807) is 0 Å². The van der Waals surface area contributed by atoms with E-state index in [-0.39, 0.29) is 5.54 Å². The van der Waals surface area contributed by atoms with Gasteiger partial charge in [0, 0.05) is 18.6 Å². The molecule has 0 aliphatic heterocycles. The Hall–Kier alpha value is -0.340. The molecule has 0 aromatic heterocycles. The van der Waals surface area contributed by atoms with Gasteiger partial charge < -0.3 is 5.32 Å². The van der Waals surface area contributed by atoms with Crippen LogP contribution in [0.3, 0.4) is 0 Å². The van der Waals surface area contributed by atoms with Crippen LogP contribution >= 0.6 is 0 Å². The first-order chi connectivity index (χ1) is 7.02. The monoisotopic (exact) mass is 212 g/mol. The fourth-order valence-electron chi connectivity index (χ4n) is 1.55. The molecule has 0 rings (SSSR count). The van der Waals surface area contributed by atoms with E-state index in [0.29, 0.717) is 0 Å². The summed E-state index contributed by atoms with van der Waals surface area (Å²) in [5.41, 5.74) is 0.249. The molecule has 1 N–H and O–H groups in total. The Balaban J connectivity index is 3.72. The van der Waals surface area contributed by atoms with E-state index in [9.17, 15) is 0 Å². The van der Waals surface area contributed by atoms with Crippen LogP contribution in [0.4, 0.5) is 0 Å². The second-order valence-electron chi connectivity index (χ2n) is 5.01. The Bertz CT molecular complexity index is 158. The number of hydrogen-bond acceptors (Lipinski definition) is 2. The second kappa shape index (κ2) is 7.89. The van der Waals surface area contributed by atoms with Crippen molar-refractivity contribution in [2.75, 3.05) is 26.2 Å². The maximum atomic E-state index is 3.81. The summed E-state index contributed by atoms with van der Waals surface area (Å²) in [5, 5.41) is 3.43. The third kappa shape index (κ3) is 7.57. The van der Waals surface area contributed by atoms with Crippen LogP contribution in [0.2, 0.25) is 0 Å². The molecular formula is C13H28N2. The van der Waals surface area contributed by atoms with Crippen LogP contribution in [-0.4, -0.2) is 36.6 Å². The molecule has 0 atom stereocenters. The van der Waals surface area contributed by atoms with Gasteiger partial charge in [0.15, 0.2) is 0 Å². The van der Waals surface area contributed by atoms with Crippen molar-refractivity contribution in [2.24, 2.45) is 0 Å². The van der Waals surface area contributed by atoms with Crippen LogP contribution in [0.1, 0.15) is 40.5 Å². The largest absolute Gasteiger partial charge is 0.317 e. The normalized spacial score (nSPS) is 12.1. The Kier molecular flexibility index (Phi) is 7.71. The molecule has 0 saturated carbocycles. The van der Waals surface area contributed by atoms with E-state index in [0.717, 1.165) is 26.2 Å². The van der Waals surface area contributed by atoms with Crippen molar-refractivity contribution in [2.45, 2.75) is 46.1 Å². The van der Waals surface area contributed by atoms with Crippen LogP contribution < -0.4 is 5.32 Å². The van der Waals surface area contributed by atoms with Crippen LogP contribution in [-0.2, 0) is 0 Å². The summed E-state index contributed by atoms with van der Waals surface area (Å²) in [6.45, 7) is 17.2. The lowest BCUT2D eigenvalue weighted by molar-refractivity contribution is 0.152. The van der Waals surface area contributed by atoms with Crippen LogP contribution in [0.15, 0.2) is 12.7 Å². The molecule has 0 aromatic rings. The number of nitrogens with zero attached hydrogens (tertiary/aromatic N) is 1. The zero-order chi connectivity index (χ0) is 11.7. The van der Waals surface area contributed by atoms with Gasteiger partial charge in [-0.25, -0.2) is 0 Å². The molecule has 0 aliphatic carbocycles. The molecule has 0 spiro atoms. The smallest absolute Gasteiger partial charge is 0.0165 e. The van der Waals surface area contributed by atoms with Gasteiger partial charge in [-0.2, -0.15) is 0 Å². The minimum Gasteiger partial charge on any atom is -0.317 e. The number of nitrogens with one attached hydrogen (secondary N) is 1. The highest BCUT2D eigenvalue weighted by Gasteiger charge is 2.18. The van der Waals surface area contributed by atoms with E-state index in [4.69, 9.17) is 0 Å². The van der Waals surface area contributed by atoms with Gasteiger partial charge in [0.25, 0.3) is 0 Å². The van der Waals surface area contributed by atoms with Crippen molar-refractivity contribution in [1.82, 2.24) is 10.2 Å². The van der Waals surface area contributed by atoms with Crippen LogP contribution in [0.5, 0.6) is 0 Å². The van der Waals surface area contributed by atoms with E-state index >= 15 is 0 Å². The first-order valence-electron chi connectivity index (χ1n) is 6.09. The zero-order valence-corrected chi connectivity index (χ0v) is 11.0. The number of rotatable bonds is 8. The maximum Gasteiger partial charge on any atom is 0.0165 e. The molecule has 0 unspecified atom stereocenters. The topological polar surface area (TPSA) is 15.3 Å². The second-order valence-corrected chi connectivity index (χ2v) is 5.01. The summed E-state index contributed by atoms with van der Waals surface area (Å²) in [6.07, 6.45) is 4.42. The van der Waals surface area contributed by atoms with Gasteiger partial charge in [-0.3, -0.25) is 4.90 Å². The van der Waals surface area contributed by atoms with Gasteiger partial charge in [0.2, 0.25) is 0 Å². The van der Waals surface area contributed by atoms with Gasteiger partial charge in [0.05, 0.1) is 0 Å². The Morgan fingerprint density at radius 2 is 1.93 bits per heavy atom. The van der Waals surface area contributed by atoms with Gasteiger partial charge in [0.1, 0.15) is 0 Å². The quantitative estimate of drug-likeness (QED) is 0.491. The fourth-order valence-corrected chi connectivity index (χ4v) is 1.55. The lowest BCUT2D eigenvalue weighted by Crippen LogP contribution is -2.42. The molecule has 15 heavy (non-hydrogen) atoms. The highest BCUT2D eigenvalue weighted by Crippen LogP contribution is 2.12. The highest BCUT2D eigenvalue weighted by atomic mass is 15.2. The first-order valence-corrected chi connectivity index (χ1v) is 6.09. The molecule has 0 bridgehead atoms. The summed E-state index contributed by atoms with van der Waals surface area (Å²) in [7, 11) is 0. The Morgan fingerprint density at radius 1 is 1.27 bits per heavy atom. The molecule has 0 fully saturated rings. The van der Waals surface area contributed by atoms with Crippen molar-refractivity contribution in [3.05, 3.63) is 12.7 Å². The average molecular weight is 212 g/mol. The molecule has 0 heterocycles. The minimum absolute atomic E-state index is 0.249. The Labute approximate surface area is 95.7 Å². The standard InChI is InChI=1S/C13H28N2/c1-6-9-14-10-8-12-15(11-7-2)13(3,4)5/h7,14H,2,6,8-12H2,1,3-5H3. The third-order valence-electron chi connectivity index (χ3n) is 2.51. The van der Waals surface area contributed by atoms with E-state index in [1.165, 1.54) is 12.8 Å². The Morgan fingerprint density at radius 3 is 2.40 bits per heavy atom. The summed E-state index contributed by atoms with van der Waals surface area (Å²) < 4.78 is 0. The average Bonchev–Trinajstić information content (AvgIpc) is 2.14. The van der Waals surface area contributed by atoms with Crippen molar-refractivity contribution >= 4 is 0 Å². The van der Waals surface area contributed by atoms with Crippen LogP contribution in [0, 0.1) is 0 Å². The molecule has 90 valence electrons. The minimum atomic E-state index is 0.249. The van der Waals surface area contributed by atoms with Gasteiger partial charge >= 0.3 is 0 Å². The van der Waals surface area contributed by atoms with Gasteiger partial charge in [-0.1, -0.05) is 13.0 Å². The fraction of sp³-hybridized carbons (Fsp3) is 0.846. The molecule has 0 saturated heterocycles. The third-order valence-corrected chi connectivity index (χ3v) is 2.51. The van der Waals surface area contributed by atoms with Crippen molar-refractivity contribution in [3.8, 4) is 0 Å². The van der Waals surface area contributed by atoms with Gasteiger partial charge in [-0.05, 0) is 46.7 Å². The van der Waals surface area contributed by atoms with Crippen LogP contribution in [0.25, 0.3) is 0 Å². The molecule has 0 aliphatic rings. The maximum absolute atomic E-state index is 3.81. The van der Waals surface area contributed by atoms with E-state index in [2.05, 4.69) is 44.5 Å². The highest BCUT2D eigenvalue weighted by molar-refractivity contribution is 4.82. The zero-order valence-electron chi connectivity index (χ0n) is 11.0. The van der Waals surface area contributed by atoms with E-state index < -0.39 is 0 Å². The summed E-state index contributed by atoms with van der Waals surface area (Å²) in [6, 6.07) is 0. The SMILES string of the molecule is C=CCN(CCCNCCC)C(C)(C)C. The predicted octanol–water partition coefficient (Wildman–Crippen LogP) is 2.66. The lowest BCUT2D eigenvalue weighted by atomic mass is 10.1. The number of hydrogen-bond donors (Lipinski definition) is 1. The molecule has 2 heteroatoms. The van der Waals surface area contributed by atoms with Crippen molar-refractivity contribution < 1.29 is 0 Å². The van der Waals surface area contributed by atoms with Crippen molar-refractivity contribution in [1.29, 1.82) is 0 Å². The summed E-state index contributed by atoms with van der Waals surface area (Å²) in [5.74, 6) is 0. The van der Waals surface area contributed by atoms with Gasteiger partial charge in [-0.15, -0.1) is 6.58 Å². The van der Waals surface area contributed by atoms with E-state index in [1.807, 2.05) is 6.08 Å². The summed E-state index contributed by atoms with van der Waals surface area (Å²) in [4.78, 5) is 2.47. The van der Waals surface area contributed by atoms with Crippen molar-refractivity contribution in [3.63, 3.8) is 0 Å². The predicted molar refractivity (Wildman–Crippen MR) is 69.3 cm³/mol. The molecule has 0 amide bonds. The lowest BCUT2D eigenvalue weighted by Gasteiger charge is -2.34. The molecule has 0 radical (unpaired) electrons. The first kappa shape index (κ1) is 14.7. The molecule has 0 aromatic carbocycles. The molecular weight excluding hydrogens is 184 g/mol. The molecule has 2 nitrogen and oxygen atoms in total. The summed E-state index contributed by atoms with van der Waals surface area (Å²) >= 11 is 0.